The fourth-order valence-electron chi connectivity index (χ4n) is 1.05. The third-order valence-corrected chi connectivity index (χ3v) is 5.39. The average Bonchev–Trinajstić information content (AvgIpc) is 2.24. The maximum absolute atomic E-state index is 11.9. The molecule has 0 saturated heterocycles. The molecular formula is C8H13BrN2O2S2. The van der Waals surface area contributed by atoms with Crippen molar-refractivity contribution in [3.63, 3.8) is 0 Å². The van der Waals surface area contributed by atoms with Crippen LogP contribution in [-0.2, 0) is 10.0 Å². The van der Waals surface area contributed by atoms with Crippen LogP contribution in [0.4, 0.5) is 0 Å². The molecule has 7 heteroatoms. The summed E-state index contributed by atoms with van der Waals surface area (Å²) in [6, 6.07) is 0. The third kappa shape index (κ3) is 3.51. The lowest BCUT2D eigenvalue weighted by Crippen LogP contribution is -2.40. The Morgan fingerprint density at radius 1 is 1.40 bits per heavy atom. The Bertz CT molecular complexity index is 459. The Labute approximate surface area is 102 Å². The van der Waals surface area contributed by atoms with Crippen molar-refractivity contribution in [1.29, 1.82) is 0 Å². The molecule has 0 aliphatic rings. The van der Waals surface area contributed by atoms with Crippen molar-refractivity contribution in [2.24, 2.45) is 0 Å². The molecule has 1 aromatic heterocycles. The predicted molar refractivity (Wildman–Crippen MR) is 64.6 cm³/mol. The maximum Gasteiger partial charge on any atom is 0.252 e. The van der Waals surface area contributed by atoms with E-state index in [1.54, 1.807) is 27.7 Å². The molecule has 0 unspecified atom stereocenters. The van der Waals surface area contributed by atoms with Crippen LogP contribution in [0.15, 0.2) is 8.13 Å². The van der Waals surface area contributed by atoms with Gasteiger partial charge in [0.25, 0.3) is 10.0 Å². The van der Waals surface area contributed by atoms with Gasteiger partial charge in [0.1, 0.15) is 0 Å². The van der Waals surface area contributed by atoms with Crippen molar-refractivity contribution in [2.75, 3.05) is 0 Å². The van der Waals surface area contributed by atoms with Gasteiger partial charge in [-0.1, -0.05) is 11.3 Å². The Morgan fingerprint density at radius 2 is 1.93 bits per heavy atom. The van der Waals surface area contributed by atoms with Gasteiger partial charge in [-0.05, 0) is 43.6 Å². The van der Waals surface area contributed by atoms with Crippen LogP contribution in [0.2, 0.25) is 0 Å². The summed E-state index contributed by atoms with van der Waals surface area (Å²) in [6.07, 6.45) is 0. The molecule has 0 radical (unpaired) electrons. The van der Waals surface area contributed by atoms with Crippen LogP contribution in [0.3, 0.4) is 0 Å². The molecule has 1 rings (SSSR count). The van der Waals surface area contributed by atoms with E-state index in [9.17, 15) is 8.42 Å². The van der Waals surface area contributed by atoms with Crippen LogP contribution in [0.1, 0.15) is 26.5 Å². The van der Waals surface area contributed by atoms with E-state index in [0.717, 1.165) is 11.3 Å². The van der Waals surface area contributed by atoms with Crippen LogP contribution in [-0.4, -0.2) is 18.9 Å². The number of aromatic nitrogens is 1. The highest BCUT2D eigenvalue weighted by atomic mass is 79.9. The van der Waals surface area contributed by atoms with Crippen molar-refractivity contribution >= 4 is 37.3 Å². The molecule has 86 valence electrons. The van der Waals surface area contributed by atoms with E-state index in [1.807, 2.05) is 0 Å². The molecule has 4 nitrogen and oxygen atoms in total. The second-order valence-corrected chi connectivity index (χ2v) is 8.35. The van der Waals surface area contributed by atoms with Gasteiger partial charge in [0, 0.05) is 5.54 Å². The van der Waals surface area contributed by atoms with Gasteiger partial charge in [0.2, 0.25) is 0 Å². The molecule has 1 aromatic rings. The SMILES string of the molecule is Cc1nc(Br)sc1S(=O)(=O)NC(C)(C)C. The van der Waals surface area contributed by atoms with E-state index in [-0.39, 0.29) is 4.21 Å². The molecule has 0 amide bonds. The number of hydrogen-bond acceptors (Lipinski definition) is 4. The number of nitrogens with zero attached hydrogens (tertiary/aromatic N) is 1. The second-order valence-electron chi connectivity index (χ2n) is 4.20. The first-order chi connectivity index (χ1) is 6.62. The number of halogens is 1. The van der Waals surface area contributed by atoms with Gasteiger partial charge in [0.15, 0.2) is 8.13 Å². The quantitative estimate of drug-likeness (QED) is 0.911. The van der Waals surface area contributed by atoms with Gasteiger partial charge in [-0.25, -0.2) is 18.1 Å². The van der Waals surface area contributed by atoms with E-state index in [2.05, 4.69) is 25.6 Å². The van der Waals surface area contributed by atoms with Crippen LogP contribution < -0.4 is 4.72 Å². The number of nitrogens with one attached hydrogen (secondary N) is 1. The summed E-state index contributed by atoms with van der Waals surface area (Å²) in [5.41, 5.74) is 0.0329. The minimum absolute atomic E-state index is 0.268. The summed E-state index contributed by atoms with van der Waals surface area (Å²) >= 11 is 4.29. The van der Waals surface area contributed by atoms with E-state index in [4.69, 9.17) is 0 Å². The Morgan fingerprint density at radius 3 is 2.27 bits per heavy atom. The number of rotatable bonds is 2. The molecule has 0 aliphatic carbocycles. The zero-order valence-electron chi connectivity index (χ0n) is 8.96. The van der Waals surface area contributed by atoms with E-state index in [1.165, 1.54) is 0 Å². The fourth-order valence-corrected chi connectivity index (χ4v) is 4.79. The topological polar surface area (TPSA) is 59.1 Å². The fraction of sp³-hybridized carbons (Fsp3) is 0.625. The van der Waals surface area contributed by atoms with Crippen LogP contribution in [0, 0.1) is 6.92 Å². The maximum atomic E-state index is 11.9. The molecular weight excluding hydrogens is 300 g/mol. The van der Waals surface area contributed by atoms with E-state index in [0.29, 0.717) is 9.61 Å². The molecule has 1 heterocycles. The van der Waals surface area contributed by atoms with Crippen LogP contribution >= 0.6 is 27.3 Å². The minimum atomic E-state index is -3.45. The third-order valence-electron chi connectivity index (χ3n) is 1.41. The van der Waals surface area contributed by atoms with Gasteiger partial charge >= 0.3 is 0 Å². The van der Waals surface area contributed by atoms with Crippen molar-refractivity contribution in [1.82, 2.24) is 9.71 Å². The standard InChI is InChI=1S/C8H13BrN2O2S2/c1-5-6(14-7(9)10-5)15(12,13)11-8(2,3)4/h11H,1-4H3. The van der Waals surface area contributed by atoms with Crippen LogP contribution in [0.5, 0.6) is 0 Å². The normalized spacial score (nSPS) is 13.1. The summed E-state index contributed by atoms with van der Waals surface area (Å²) in [7, 11) is -3.45. The van der Waals surface area contributed by atoms with Gasteiger partial charge in [0.05, 0.1) is 5.69 Å². The van der Waals surface area contributed by atoms with E-state index >= 15 is 0 Å². The van der Waals surface area contributed by atoms with Gasteiger partial charge in [-0.2, -0.15) is 0 Å². The molecule has 0 spiro atoms. The first-order valence-electron chi connectivity index (χ1n) is 4.29. The summed E-state index contributed by atoms with van der Waals surface area (Å²) in [5, 5.41) is 0. The zero-order chi connectivity index (χ0) is 11.9. The molecule has 0 aromatic carbocycles. The lowest BCUT2D eigenvalue weighted by molar-refractivity contribution is 0.492. The summed E-state index contributed by atoms with van der Waals surface area (Å²) in [4.78, 5) is 4.02. The number of sulfonamides is 1. The molecule has 15 heavy (non-hydrogen) atoms. The van der Waals surface area contributed by atoms with Crippen molar-refractivity contribution in [2.45, 2.75) is 37.4 Å². The molecule has 0 atom stereocenters. The highest BCUT2D eigenvalue weighted by Crippen LogP contribution is 2.27. The molecule has 0 fully saturated rings. The first-order valence-corrected chi connectivity index (χ1v) is 7.38. The zero-order valence-corrected chi connectivity index (χ0v) is 12.2. The summed E-state index contributed by atoms with van der Waals surface area (Å²) in [6.45, 7) is 7.08. The second kappa shape index (κ2) is 4.12. The molecule has 0 aliphatic heterocycles. The Kier molecular flexibility index (Phi) is 3.59. The summed E-state index contributed by atoms with van der Waals surface area (Å²) in [5.74, 6) is 0. The number of aryl methyl sites for hydroxylation is 1. The molecule has 0 bridgehead atoms. The summed E-state index contributed by atoms with van der Waals surface area (Å²) < 4.78 is 27.3. The lowest BCUT2D eigenvalue weighted by Gasteiger charge is -2.19. The van der Waals surface area contributed by atoms with Gasteiger partial charge in [-0.3, -0.25) is 0 Å². The first kappa shape index (κ1) is 13.1. The van der Waals surface area contributed by atoms with Crippen molar-refractivity contribution in [3.05, 3.63) is 9.61 Å². The monoisotopic (exact) mass is 312 g/mol. The Balaban J connectivity index is 3.13. The number of thiazole rings is 1. The Hall–Kier alpha value is 0.0200. The van der Waals surface area contributed by atoms with Crippen molar-refractivity contribution in [3.8, 4) is 0 Å². The molecule has 0 saturated carbocycles. The van der Waals surface area contributed by atoms with Crippen molar-refractivity contribution < 1.29 is 8.42 Å². The van der Waals surface area contributed by atoms with Gasteiger partial charge in [-0.15, -0.1) is 0 Å². The largest absolute Gasteiger partial charge is 0.252 e. The van der Waals surface area contributed by atoms with Crippen LogP contribution in [0.25, 0.3) is 0 Å². The highest BCUT2D eigenvalue weighted by molar-refractivity contribution is 9.11. The highest BCUT2D eigenvalue weighted by Gasteiger charge is 2.26. The smallest absolute Gasteiger partial charge is 0.233 e. The lowest BCUT2D eigenvalue weighted by atomic mass is 10.1. The average molecular weight is 313 g/mol. The minimum Gasteiger partial charge on any atom is -0.233 e. The van der Waals surface area contributed by atoms with Gasteiger partial charge < -0.3 is 0 Å². The number of hydrogen-bond donors (Lipinski definition) is 1. The predicted octanol–water partition coefficient (Wildman–Crippen LogP) is 2.29. The molecule has 1 N–H and O–H groups in total. The van der Waals surface area contributed by atoms with E-state index < -0.39 is 15.6 Å².